The molecule has 2 aromatic heterocycles. The molecule has 0 saturated heterocycles. The molecule has 0 unspecified atom stereocenters. The Morgan fingerprint density at radius 2 is 2.00 bits per heavy atom. The van der Waals surface area contributed by atoms with Crippen LogP contribution in [0, 0.1) is 11.3 Å². The lowest BCUT2D eigenvalue weighted by Crippen LogP contribution is -2.27. The van der Waals surface area contributed by atoms with Crippen LogP contribution in [0.2, 0.25) is 5.02 Å². The van der Waals surface area contributed by atoms with Crippen molar-refractivity contribution in [2.75, 3.05) is 5.32 Å². The Kier molecular flexibility index (Phi) is 6.14. The summed E-state index contributed by atoms with van der Waals surface area (Å²) in [6, 6.07) is 11.2. The van der Waals surface area contributed by atoms with Crippen molar-refractivity contribution in [2.24, 2.45) is 16.3 Å². The van der Waals surface area contributed by atoms with Crippen LogP contribution in [0.15, 0.2) is 46.8 Å². The molecule has 3 aromatic rings. The Bertz CT molecular complexity index is 1060. The van der Waals surface area contributed by atoms with Crippen molar-refractivity contribution in [3.8, 4) is 0 Å². The van der Waals surface area contributed by atoms with Gasteiger partial charge in [-0.15, -0.1) is 22.7 Å². The lowest BCUT2D eigenvalue weighted by atomic mass is 9.72. The molecule has 156 valence electrons. The van der Waals surface area contributed by atoms with E-state index >= 15 is 0 Å². The first-order chi connectivity index (χ1) is 14.3. The molecule has 3 nitrogen and oxygen atoms in total. The van der Waals surface area contributed by atoms with Crippen LogP contribution in [-0.4, -0.2) is 12.1 Å². The molecule has 0 radical (unpaired) electrons. The van der Waals surface area contributed by atoms with E-state index in [0.29, 0.717) is 10.9 Å². The average molecular weight is 457 g/mol. The molecule has 6 heteroatoms. The highest BCUT2D eigenvalue weighted by Crippen LogP contribution is 2.45. The summed E-state index contributed by atoms with van der Waals surface area (Å²) in [5, 5.41) is 6.51. The number of nitrogens with one attached hydrogen (secondary N) is 1. The van der Waals surface area contributed by atoms with Crippen molar-refractivity contribution in [3.05, 3.63) is 67.7 Å². The van der Waals surface area contributed by atoms with Crippen molar-refractivity contribution in [1.29, 1.82) is 0 Å². The first kappa shape index (κ1) is 21.3. The molecular formula is C24H25ClN2OS2. The van der Waals surface area contributed by atoms with Gasteiger partial charge in [0, 0.05) is 26.7 Å². The molecule has 2 heterocycles. The van der Waals surface area contributed by atoms with Gasteiger partial charge in [0.05, 0.1) is 5.56 Å². The second-order valence-corrected chi connectivity index (χ2v) is 11.2. The Labute approximate surface area is 190 Å². The van der Waals surface area contributed by atoms with Crippen LogP contribution in [0.3, 0.4) is 0 Å². The summed E-state index contributed by atoms with van der Waals surface area (Å²) in [7, 11) is 0. The number of hydrogen-bond donors (Lipinski definition) is 1. The number of anilines is 1. The van der Waals surface area contributed by atoms with E-state index in [9.17, 15) is 4.79 Å². The number of rotatable bonds is 4. The summed E-state index contributed by atoms with van der Waals surface area (Å²) in [5.74, 6) is 0.521. The molecule has 1 aliphatic rings. The molecule has 0 spiro atoms. The standard InChI is InChI=1S/C24H25ClN2OS2/c1-24(2,3)15-6-11-19-20(13-15)30-23(26-14-18-5-4-12-29-18)21(19)22(28)27-17-9-7-16(25)8-10-17/h4-5,7-10,12,14-15H,6,11,13H2,1-3H3,(H,27,28)/t15-/m1/s1. The zero-order chi connectivity index (χ0) is 21.3. The summed E-state index contributed by atoms with van der Waals surface area (Å²) in [4.78, 5) is 20.4. The predicted molar refractivity (Wildman–Crippen MR) is 130 cm³/mol. The molecule has 0 aliphatic heterocycles. The van der Waals surface area contributed by atoms with Gasteiger partial charge in [-0.2, -0.15) is 0 Å². The van der Waals surface area contributed by atoms with E-state index in [-0.39, 0.29) is 11.3 Å². The summed E-state index contributed by atoms with van der Waals surface area (Å²) in [5.41, 5.74) is 2.89. The molecule has 1 N–H and O–H groups in total. The number of benzene rings is 1. The molecule has 30 heavy (non-hydrogen) atoms. The van der Waals surface area contributed by atoms with Gasteiger partial charge in [-0.1, -0.05) is 38.4 Å². The number of fused-ring (bicyclic) bond motifs is 1. The van der Waals surface area contributed by atoms with Crippen molar-refractivity contribution in [2.45, 2.75) is 40.0 Å². The molecule has 0 fully saturated rings. The van der Waals surface area contributed by atoms with Gasteiger partial charge in [-0.05, 0) is 71.9 Å². The molecular weight excluding hydrogens is 432 g/mol. The third kappa shape index (κ3) is 4.69. The topological polar surface area (TPSA) is 41.5 Å². The highest BCUT2D eigenvalue weighted by atomic mass is 35.5. The first-order valence-corrected chi connectivity index (χ1v) is 12.2. The number of nitrogens with zero attached hydrogens (tertiary/aromatic N) is 1. The van der Waals surface area contributed by atoms with Crippen LogP contribution in [0.5, 0.6) is 0 Å². The highest BCUT2D eigenvalue weighted by molar-refractivity contribution is 7.16. The van der Waals surface area contributed by atoms with Gasteiger partial charge in [0.15, 0.2) is 0 Å². The molecule has 4 rings (SSSR count). The number of carbonyl (C=O) groups excluding carboxylic acids is 1. The fourth-order valence-electron chi connectivity index (χ4n) is 3.85. The number of thiophene rings is 2. The van der Waals surface area contributed by atoms with Crippen LogP contribution in [-0.2, 0) is 12.8 Å². The third-order valence-corrected chi connectivity index (χ3v) is 7.87. The Morgan fingerprint density at radius 1 is 1.23 bits per heavy atom. The summed E-state index contributed by atoms with van der Waals surface area (Å²) in [6.45, 7) is 6.92. The number of amides is 1. The minimum atomic E-state index is -0.0950. The van der Waals surface area contributed by atoms with Crippen molar-refractivity contribution in [1.82, 2.24) is 0 Å². The van der Waals surface area contributed by atoms with Crippen molar-refractivity contribution in [3.63, 3.8) is 0 Å². The quantitative estimate of drug-likeness (QED) is 0.403. The largest absolute Gasteiger partial charge is 0.322 e. The Balaban J connectivity index is 1.68. The zero-order valence-electron chi connectivity index (χ0n) is 17.4. The number of aliphatic imine (C=N–C) groups is 1. The Morgan fingerprint density at radius 3 is 2.67 bits per heavy atom. The second-order valence-electron chi connectivity index (χ2n) is 8.72. The Hall–Kier alpha value is -1.95. The maximum absolute atomic E-state index is 13.3. The normalized spacial score (nSPS) is 16.6. The van der Waals surface area contributed by atoms with Gasteiger partial charge in [0.25, 0.3) is 5.91 Å². The highest BCUT2D eigenvalue weighted by Gasteiger charge is 2.33. The van der Waals surface area contributed by atoms with E-state index in [1.54, 1.807) is 34.8 Å². The molecule has 1 atom stereocenters. The van der Waals surface area contributed by atoms with Gasteiger partial charge in [-0.25, -0.2) is 4.99 Å². The van der Waals surface area contributed by atoms with Crippen LogP contribution >= 0.6 is 34.3 Å². The number of hydrogen-bond acceptors (Lipinski definition) is 4. The maximum Gasteiger partial charge on any atom is 0.259 e. The lowest BCUT2D eigenvalue weighted by Gasteiger charge is -2.33. The third-order valence-electron chi connectivity index (χ3n) is 5.65. The second kappa shape index (κ2) is 8.66. The maximum atomic E-state index is 13.3. The fraction of sp³-hybridized carbons (Fsp3) is 0.333. The van der Waals surface area contributed by atoms with Crippen LogP contribution < -0.4 is 5.32 Å². The monoisotopic (exact) mass is 456 g/mol. The first-order valence-electron chi connectivity index (χ1n) is 10.1. The van der Waals surface area contributed by atoms with Gasteiger partial charge < -0.3 is 5.32 Å². The lowest BCUT2D eigenvalue weighted by molar-refractivity contribution is 0.102. The van der Waals surface area contributed by atoms with Crippen LogP contribution in [0.4, 0.5) is 10.7 Å². The fourth-order valence-corrected chi connectivity index (χ4v) is 5.83. The van der Waals surface area contributed by atoms with Crippen molar-refractivity contribution < 1.29 is 4.79 Å². The minimum absolute atomic E-state index is 0.0950. The van der Waals surface area contributed by atoms with E-state index in [1.165, 1.54) is 10.4 Å². The summed E-state index contributed by atoms with van der Waals surface area (Å²) >= 11 is 9.29. The van der Waals surface area contributed by atoms with E-state index in [0.717, 1.165) is 40.4 Å². The smallest absolute Gasteiger partial charge is 0.259 e. The number of carbonyl (C=O) groups is 1. The van der Waals surface area contributed by atoms with Crippen LogP contribution in [0.25, 0.3) is 0 Å². The number of halogens is 1. The average Bonchev–Trinajstić information content (AvgIpc) is 3.34. The predicted octanol–water partition coefficient (Wildman–Crippen LogP) is 7.62. The van der Waals surface area contributed by atoms with E-state index in [4.69, 9.17) is 16.6 Å². The van der Waals surface area contributed by atoms with E-state index in [1.807, 2.05) is 35.9 Å². The zero-order valence-corrected chi connectivity index (χ0v) is 19.8. The van der Waals surface area contributed by atoms with Gasteiger partial charge in [-0.3, -0.25) is 4.79 Å². The summed E-state index contributed by atoms with van der Waals surface area (Å²) < 4.78 is 0. The molecule has 0 saturated carbocycles. The van der Waals surface area contributed by atoms with Crippen LogP contribution in [0.1, 0.15) is 52.9 Å². The molecule has 1 amide bonds. The van der Waals surface area contributed by atoms with Crippen molar-refractivity contribution >= 4 is 57.1 Å². The molecule has 1 aromatic carbocycles. The van der Waals surface area contributed by atoms with E-state index < -0.39 is 0 Å². The van der Waals surface area contributed by atoms with Gasteiger partial charge in [0.2, 0.25) is 0 Å². The van der Waals surface area contributed by atoms with Gasteiger partial charge in [0.1, 0.15) is 5.00 Å². The molecule has 1 aliphatic carbocycles. The van der Waals surface area contributed by atoms with Gasteiger partial charge >= 0.3 is 0 Å². The molecule has 0 bridgehead atoms. The SMILES string of the molecule is CC(C)(C)[C@@H]1CCc2c(sc(N=Cc3cccs3)c2C(=O)Nc2ccc(Cl)cc2)C1. The van der Waals surface area contributed by atoms with E-state index in [2.05, 4.69) is 26.1 Å². The summed E-state index contributed by atoms with van der Waals surface area (Å²) in [6.07, 6.45) is 4.90. The minimum Gasteiger partial charge on any atom is -0.322 e.